The molecule has 1 saturated heterocycles. The summed E-state index contributed by atoms with van der Waals surface area (Å²) in [6, 6.07) is 8.97. The smallest absolute Gasteiger partial charge is 0.225 e. The minimum Gasteiger partial charge on any atom is -0.396 e. The van der Waals surface area contributed by atoms with Crippen LogP contribution in [0.1, 0.15) is 31.7 Å². The predicted octanol–water partition coefficient (Wildman–Crippen LogP) is 1.98. The summed E-state index contributed by atoms with van der Waals surface area (Å²) in [6.45, 7) is 4.79. The lowest BCUT2D eigenvalue weighted by Gasteiger charge is -2.39. The van der Waals surface area contributed by atoms with Crippen LogP contribution in [0.4, 0.5) is 5.69 Å². The number of piperidine rings is 1. The van der Waals surface area contributed by atoms with E-state index in [1.807, 2.05) is 0 Å². The van der Waals surface area contributed by atoms with Gasteiger partial charge in [-0.05, 0) is 37.6 Å². The number of hydrogen-bond acceptors (Lipinski definition) is 4. The van der Waals surface area contributed by atoms with E-state index in [9.17, 15) is 9.90 Å². The van der Waals surface area contributed by atoms with Gasteiger partial charge in [-0.25, -0.2) is 0 Å². The average Bonchev–Trinajstić information content (AvgIpc) is 2.53. The van der Waals surface area contributed by atoms with Crippen LogP contribution in [0.3, 0.4) is 0 Å². The third-order valence-electron chi connectivity index (χ3n) is 4.17. The van der Waals surface area contributed by atoms with Gasteiger partial charge in [0.1, 0.15) is 0 Å². The highest BCUT2D eigenvalue weighted by Gasteiger charge is 2.30. The molecule has 2 N–H and O–H groups in total. The number of aliphatic hydroxyl groups is 1. The molecule has 22 heavy (non-hydrogen) atoms. The fourth-order valence-electron chi connectivity index (χ4n) is 2.90. The lowest BCUT2D eigenvalue weighted by molar-refractivity contribution is -0.116. The predicted molar refractivity (Wildman–Crippen MR) is 85.3 cm³/mol. The van der Waals surface area contributed by atoms with Crippen molar-refractivity contribution in [1.29, 1.82) is 5.26 Å². The van der Waals surface area contributed by atoms with E-state index < -0.39 is 0 Å². The first kappa shape index (κ1) is 16.5. The molecule has 0 aliphatic carbocycles. The minimum atomic E-state index is -0.0497. The summed E-state index contributed by atoms with van der Waals surface area (Å²) in [4.78, 5) is 14.3. The molecule has 1 atom stereocenters. The Morgan fingerprint density at radius 2 is 2.36 bits per heavy atom. The van der Waals surface area contributed by atoms with Gasteiger partial charge in [-0.3, -0.25) is 4.79 Å². The quantitative estimate of drug-likeness (QED) is 0.872. The molecule has 5 nitrogen and oxygen atoms in total. The number of nitrogens with zero attached hydrogens (tertiary/aromatic N) is 2. The van der Waals surface area contributed by atoms with Crippen LogP contribution in [0.15, 0.2) is 24.3 Å². The second-order valence-corrected chi connectivity index (χ2v) is 6.34. The zero-order valence-electron chi connectivity index (χ0n) is 13.0. The van der Waals surface area contributed by atoms with Crippen LogP contribution in [0.5, 0.6) is 0 Å². The first-order valence-corrected chi connectivity index (χ1v) is 7.68. The van der Waals surface area contributed by atoms with Crippen molar-refractivity contribution in [3.05, 3.63) is 29.8 Å². The number of benzene rings is 1. The highest BCUT2D eigenvalue weighted by atomic mass is 16.3. The lowest BCUT2D eigenvalue weighted by atomic mass is 9.83. The normalized spacial score (nSPS) is 22.0. The van der Waals surface area contributed by atoms with Crippen molar-refractivity contribution in [1.82, 2.24) is 4.90 Å². The van der Waals surface area contributed by atoms with Crippen molar-refractivity contribution in [2.24, 2.45) is 5.41 Å². The zero-order valence-corrected chi connectivity index (χ0v) is 13.0. The average molecular weight is 301 g/mol. The molecule has 1 unspecified atom stereocenters. The first-order chi connectivity index (χ1) is 10.5. The molecular weight excluding hydrogens is 278 g/mol. The van der Waals surface area contributed by atoms with Crippen LogP contribution < -0.4 is 5.32 Å². The molecule has 1 fully saturated rings. The van der Waals surface area contributed by atoms with E-state index in [4.69, 9.17) is 5.26 Å². The molecule has 0 aromatic heterocycles. The van der Waals surface area contributed by atoms with Gasteiger partial charge in [-0.15, -0.1) is 0 Å². The van der Waals surface area contributed by atoms with Crippen molar-refractivity contribution in [2.75, 3.05) is 31.6 Å². The first-order valence-electron chi connectivity index (χ1n) is 7.68. The molecule has 1 heterocycles. The number of rotatable bonds is 5. The Labute approximate surface area is 131 Å². The molecular formula is C17H23N3O2. The number of carbonyl (C=O) groups excluding carboxylic acids is 1. The maximum absolute atomic E-state index is 12.0. The number of anilines is 1. The Hall–Kier alpha value is -1.90. The summed E-state index contributed by atoms with van der Waals surface area (Å²) in [5, 5.41) is 21.1. The van der Waals surface area contributed by atoms with Gasteiger partial charge in [-0.1, -0.05) is 13.0 Å². The van der Waals surface area contributed by atoms with E-state index in [0.717, 1.165) is 25.9 Å². The molecule has 118 valence electrons. The van der Waals surface area contributed by atoms with Crippen LogP contribution in [-0.4, -0.2) is 42.2 Å². The molecule has 1 amide bonds. The van der Waals surface area contributed by atoms with Crippen LogP contribution in [0.25, 0.3) is 0 Å². The summed E-state index contributed by atoms with van der Waals surface area (Å²) in [7, 11) is 0. The van der Waals surface area contributed by atoms with Gasteiger partial charge < -0.3 is 15.3 Å². The molecule has 0 radical (unpaired) electrons. The number of aliphatic hydroxyl groups excluding tert-OH is 1. The minimum absolute atomic E-state index is 0.0458. The fourth-order valence-corrected chi connectivity index (χ4v) is 2.90. The molecule has 0 saturated carbocycles. The van der Waals surface area contributed by atoms with Gasteiger partial charge in [0.25, 0.3) is 0 Å². The van der Waals surface area contributed by atoms with Crippen LogP contribution >= 0.6 is 0 Å². The van der Waals surface area contributed by atoms with E-state index in [2.05, 4.69) is 23.2 Å². The molecule has 0 bridgehead atoms. The number of nitriles is 1. The Balaban J connectivity index is 1.81. The fraction of sp³-hybridized carbons (Fsp3) is 0.529. The van der Waals surface area contributed by atoms with E-state index in [1.165, 1.54) is 0 Å². The monoisotopic (exact) mass is 301 g/mol. The van der Waals surface area contributed by atoms with E-state index in [0.29, 0.717) is 24.2 Å². The Bertz CT molecular complexity index is 567. The largest absolute Gasteiger partial charge is 0.396 e. The Morgan fingerprint density at radius 3 is 3.09 bits per heavy atom. The number of hydrogen-bond donors (Lipinski definition) is 2. The third kappa shape index (κ3) is 4.55. The summed E-state index contributed by atoms with van der Waals surface area (Å²) in [5.74, 6) is -0.0497. The van der Waals surface area contributed by atoms with Crippen LogP contribution in [0.2, 0.25) is 0 Å². The van der Waals surface area contributed by atoms with Gasteiger partial charge >= 0.3 is 0 Å². The van der Waals surface area contributed by atoms with E-state index >= 15 is 0 Å². The number of carbonyl (C=O) groups is 1. The molecule has 1 aromatic rings. The topological polar surface area (TPSA) is 76.4 Å². The molecule has 1 aromatic carbocycles. The van der Waals surface area contributed by atoms with E-state index in [-0.39, 0.29) is 17.9 Å². The van der Waals surface area contributed by atoms with E-state index in [1.54, 1.807) is 24.3 Å². The van der Waals surface area contributed by atoms with Crippen molar-refractivity contribution >= 4 is 11.6 Å². The third-order valence-corrected chi connectivity index (χ3v) is 4.17. The molecule has 2 rings (SSSR count). The second kappa shape index (κ2) is 7.39. The Morgan fingerprint density at radius 1 is 1.55 bits per heavy atom. The molecule has 1 aliphatic rings. The van der Waals surface area contributed by atoms with Crippen molar-refractivity contribution in [2.45, 2.75) is 26.2 Å². The van der Waals surface area contributed by atoms with Crippen molar-refractivity contribution in [3.8, 4) is 6.07 Å². The van der Waals surface area contributed by atoms with Gasteiger partial charge in [0, 0.05) is 37.2 Å². The molecule has 0 spiro atoms. The maximum atomic E-state index is 12.0. The van der Waals surface area contributed by atoms with Gasteiger partial charge in [0.15, 0.2) is 0 Å². The molecule has 5 heteroatoms. The van der Waals surface area contributed by atoms with Gasteiger partial charge in [0.05, 0.1) is 11.6 Å². The highest BCUT2D eigenvalue weighted by molar-refractivity contribution is 5.90. The Kier molecular flexibility index (Phi) is 5.53. The van der Waals surface area contributed by atoms with Gasteiger partial charge in [0.2, 0.25) is 5.91 Å². The summed E-state index contributed by atoms with van der Waals surface area (Å²) >= 11 is 0. The summed E-state index contributed by atoms with van der Waals surface area (Å²) in [6.07, 6.45) is 2.51. The summed E-state index contributed by atoms with van der Waals surface area (Å²) in [5.41, 5.74) is 1.14. The van der Waals surface area contributed by atoms with Gasteiger partial charge in [-0.2, -0.15) is 5.26 Å². The SMILES string of the molecule is CC1(CO)CCCN(CCC(=O)Nc2cccc(C#N)c2)C1. The second-order valence-electron chi connectivity index (χ2n) is 6.34. The number of nitrogens with one attached hydrogen (secondary N) is 1. The zero-order chi connectivity index (χ0) is 16.0. The van der Waals surface area contributed by atoms with Crippen LogP contribution in [0, 0.1) is 16.7 Å². The molecule has 1 aliphatic heterocycles. The maximum Gasteiger partial charge on any atom is 0.225 e. The number of amides is 1. The van der Waals surface area contributed by atoms with Crippen LogP contribution in [-0.2, 0) is 4.79 Å². The standard InChI is InChI=1S/C17H23N3O2/c1-17(13-21)7-3-8-20(12-17)9-6-16(22)19-15-5-2-4-14(10-15)11-18/h2,4-5,10,21H,3,6-9,12-13H2,1H3,(H,19,22). The lowest BCUT2D eigenvalue weighted by Crippen LogP contribution is -2.44. The van der Waals surface area contributed by atoms with Crippen molar-refractivity contribution < 1.29 is 9.90 Å². The summed E-state index contributed by atoms with van der Waals surface area (Å²) < 4.78 is 0. The van der Waals surface area contributed by atoms with Crippen molar-refractivity contribution in [3.63, 3.8) is 0 Å². The number of likely N-dealkylation sites (tertiary alicyclic amines) is 1. The highest BCUT2D eigenvalue weighted by Crippen LogP contribution is 2.28.